The van der Waals surface area contributed by atoms with Crippen LogP contribution in [0.3, 0.4) is 0 Å². The van der Waals surface area contributed by atoms with Crippen LogP contribution in [0.15, 0.2) is 34.8 Å². The molecule has 0 saturated carbocycles. The van der Waals surface area contributed by atoms with Crippen molar-refractivity contribution < 1.29 is 4.79 Å². The zero-order valence-electron chi connectivity index (χ0n) is 13.1. The summed E-state index contributed by atoms with van der Waals surface area (Å²) in [5, 5.41) is 4.59. The van der Waals surface area contributed by atoms with Gasteiger partial charge < -0.3 is 10.3 Å². The van der Waals surface area contributed by atoms with E-state index in [-0.39, 0.29) is 17.9 Å². The van der Waals surface area contributed by atoms with Crippen LogP contribution >= 0.6 is 15.9 Å². The van der Waals surface area contributed by atoms with Gasteiger partial charge >= 0.3 is 0 Å². The Labute approximate surface area is 144 Å². The van der Waals surface area contributed by atoms with Crippen molar-refractivity contribution in [2.45, 2.75) is 44.6 Å². The maximum absolute atomic E-state index is 12.5. The first kappa shape index (κ1) is 15.0. The summed E-state index contributed by atoms with van der Waals surface area (Å²) >= 11 is 3.56. The second kappa shape index (κ2) is 6.16. The molecule has 4 rings (SSSR count). The largest absolute Gasteiger partial charge is 0.358 e. The average molecular weight is 373 g/mol. The number of nitrogens with one attached hydrogen (secondary N) is 2. The molecule has 2 N–H and O–H groups in total. The maximum Gasteiger partial charge on any atom is 0.223 e. The number of hydrogen-bond donors (Lipinski definition) is 2. The third-order valence-electron chi connectivity index (χ3n) is 5.14. The van der Waals surface area contributed by atoms with Gasteiger partial charge in [-0.05, 0) is 62.3 Å². The lowest BCUT2D eigenvalue weighted by atomic mass is 9.89. The van der Waals surface area contributed by atoms with Crippen LogP contribution in [0.25, 0.3) is 10.9 Å². The number of aryl methyl sites for hydroxylation is 1. The molecule has 2 aliphatic carbocycles. The molecule has 23 heavy (non-hydrogen) atoms. The van der Waals surface area contributed by atoms with Crippen LogP contribution in [0, 0.1) is 5.92 Å². The summed E-state index contributed by atoms with van der Waals surface area (Å²) < 4.78 is 1.10. The topological polar surface area (TPSA) is 44.9 Å². The van der Waals surface area contributed by atoms with Crippen LogP contribution in [-0.2, 0) is 17.6 Å². The van der Waals surface area contributed by atoms with E-state index in [2.05, 4.69) is 56.6 Å². The highest BCUT2D eigenvalue weighted by molar-refractivity contribution is 9.10. The second-order valence-electron chi connectivity index (χ2n) is 6.70. The zero-order valence-corrected chi connectivity index (χ0v) is 14.7. The molecule has 3 nitrogen and oxygen atoms in total. The molecule has 2 atom stereocenters. The minimum Gasteiger partial charge on any atom is -0.358 e. The standard InChI is InChI=1S/C19H21BrN2O/c20-13-6-8-17-15(10-13)16-11-14(7-9-18(16)22-17)21-19(23)12-4-2-1-3-5-12/h1-2,6,8,10,12,14,22H,3-5,7,9,11H2,(H,21,23)/t12-,14-/m0/s1. The molecule has 0 radical (unpaired) electrons. The Balaban J connectivity index is 1.51. The Morgan fingerprint density at radius 2 is 2.17 bits per heavy atom. The molecule has 1 aromatic carbocycles. The Kier molecular flexibility index (Phi) is 4.02. The fourth-order valence-electron chi connectivity index (χ4n) is 3.86. The number of hydrogen-bond acceptors (Lipinski definition) is 1. The van der Waals surface area contributed by atoms with Gasteiger partial charge in [-0.3, -0.25) is 4.79 Å². The molecule has 0 spiro atoms. The van der Waals surface area contributed by atoms with Crippen LogP contribution in [0.5, 0.6) is 0 Å². The van der Waals surface area contributed by atoms with Crippen LogP contribution in [0.1, 0.15) is 36.9 Å². The number of aromatic amines is 1. The quantitative estimate of drug-likeness (QED) is 0.759. The third kappa shape index (κ3) is 2.97. The van der Waals surface area contributed by atoms with Crippen LogP contribution < -0.4 is 5.32 Å². The van der Waals surface area contributed by atoms with Gasteiger partial charge in [-0.2, -0.15) is 0 Å². The summed E-state index contributed by atoms with van der Waals surface area (Å²) in [7, 11) is 0. The maximum atomic E-state index is 12.5. The summed E-state index contributed by atoms with van der Waals surface area (Å²) in [6.07, 6.45) is 10.2. The predicted octanol–water partition coefficient (Wildman–Crippen LogP) is 4.26. The summed E-state index contributed by atoms with van der Waals surface area (Å²) in [6, 6.07) is 6.64. The third-order valence-corrected chi connectivity index (χ3v) is 5.63. The number of halogens is 1. The fourth-order valence-corrected chi connectivity index (χ4v) is 4.22. The number of rotatable bonds is 2. The van der Waals surface area contributed by atoms with E-state index in [4.69, 9.17) is 0 Å². The van der Waals surface area contributed by atoms with Gasteiger partial charge in [0.05, 0.1) is 0 Å². The summed E-state index contributed by atoms with van der Waals surface area (Å²) in [4.78, 5) is 16.0. The summed E-state index contributed by atoms with van der Waals surface area (Å²) in [5.74, 6) is 0.405. The monoisotopic (exact) mass is 372 g/mol. The van der Waals surface area contributed by atoms with Gasteiger partial charge in [-0.25, -0.2) is 0 Å². The van der Waals surface area contributed by atoms with Gasteiger partial charge in [0, 0.05) is 33.0 Å². The van der Waals surface area contributed by atoms with Crippen molar-refractivity contribution in [3.05, 3.63) is 46.1 Å². The molecule has 1 heterocycles. The number of aromatic nitrogens is 1. The Morgan fingerprint density at radius 1 is 1.26 bits per heavy atom. The summed E-state index contributed by atoms with van der Waals surface area (Å²) in [5.41, 5.74) is 3.91. The molecule has 1 aromatic heterocycles. The Morgan fingerprint density at radius 3 is 3.00 bits per heavy atom. The lowest BCUT2D eigenvalue weighted by Crippen LogP contribution is -2.42. The van der Waals surface area contributed by atoms with Crippen LogP contribution in [0.4, 0.5) is 0 Å². The zero-order chi connectivity index (χ0) is 15.8. The number of H-pyrrole nitrogens is 1. The molecule has 0 saturated heterocycles. The number of benzene rings is 1. The van der Waals surface area contributed by atoms with E-state index in [1.165, 1.54) is 22.2 Å². The Hall–Kier alpha value is -1.55. The van der Waals surface area contributed by atoms with Gasteiger partial charge in [0.15, 0.2) is 0 Å². The van der Waals surface area contributed by atoms with E-state index in [1.807, 2.05) is 0 Å². The lowest BCUT2D eigenvalue weighted by Gasteiger charge is -2.26. The highest BCUT2D eigenvalue weighted by Crippen LogP contribution is 2.31. The fraction of sp³-hybridized carbons (Fsp3) is 0.421. The smallest absolute Gasteiger partial charge is 0.223 e. The molecule has 1 amide bonds. The molecule has 2 aliphatic rings. The first-order valence-electron chi connectivity index (χ1n) is 8.45. The summed E-state index contributed by atoms with van der Waals surface area (Å²) in [6.45, 7) is 0. The first-order chi connectivity index (χ1) is 11.2. The van der Waals surface area contributed by atoms with Crippen molar-refractivity contribution in [1.29, 1.82) is 0 Å². The van der Waals surface area contributed by atoms with E-state index in [0.717, 1.165) is 43.0 Å². The molecule has 0 aliphatic heterocycles. The molecule has 0 fully saturated rings. The van der Waals surface area contributed by atoms with E-state index in [0.29, 0.717) is 0 Å². The highest BCUT2D eigenvalue weighted by Gasteiger charge is 2.26. The van der Waals surface area contributed by atoms with E-state index < -0.39 is 0 Å². The van der Waals surface area contributed by atoms with Gasteiger partial charge in [0.2, 0.25) is 5.91 Å². The number of amides is 1. The van der Waals surface area contributed by atoms with Crippen LogP contribution in [0.2, 0.25) is 0 Å². The van der Waals surface area contributed by atoms with Crippen molar-refractivity contribution in [2.24, 2.45) is 5.92 Å². The number of allylic oxidation sites excluding steroid dienone is 2. The van der Waals surface area contributed by atoms with Crippen molar-refractivity contribution >= 4 is 32.7 Å². The lowest BCUT2D eigenvalue weighted by molar-refractivity contribution is -0.126. The van der Waals surface area contributed by atoms with Gasteiger partial charge in [-0.15, -0.1) is 0 Å². The molecule has 120 valence electrons. The SMILES string of the molecule is O=C(N[C@H]1CCc2[nH]c3ccc(Br)cc3c2C1)[C@H]1CC=CCC1. The van der Waals surface area contributed by atoms with Gasteiger partial charge in [0.25, 0.3) is 0 Å². The van der Waals surface area contributed by atoms with Crippen molar-refractivity contribution in [2.75, 3.05) is 0 Å². The molecule has 0 bridgehead atoms. The highest BCUT2D eigenvalue weighted by atomic mass is 79.9. The number of fused-ring (bicyclic) bond motifs is 3. The molecular weight excluding hydrogens is 352 g/mol. The first-order valence-corrected chi connectivity index (χ1v) is 9.24. The average Bonchev–Trinajstić information content (AvgIpc) is 2.93. The van der Waals surface area contributed by atoms with Crippen molar-refractivity contribution in [1.82, 2.24) is 10.3 Å². The van der Waals surface area contributed by atoms with Gasteiger partial charge in [-0.1, -0.05) is 28.1 Å². The van der Waals surface area contributed by atoms with Gasteiger partial charge in [0.1, 0.15) is 0 Å². The number of carbonyl (C=O) groups is 1. The van der Waals surface area contributed by atoms with E-state index in [9.17, 15) is 4.79 Å². The molecule has 0 unspecified atom stereocenters. The van der Waals surface area contributed by atoms with E-state index in [1.54, 1.807) is 0 Å². The normalized spacial score (nSPS) is 23.7. The number of carbonyl (C=O) groups excluding carboxylic acids is 1. The van der Waals surface area contributed by atoms with Crippen molar-refractivity contribution in [3.8, 4) is 0 Å². The molecule has 4 heteroatoms. The van der Waals surface area contributed by atoms with Crippen molar-refractivity contribution in [3.63, 3.8) is 0 Å². The minimum atomic E-state index is 0.165. The Bertz CT molecular complexity index is 777. The van der Waals surface area contributed by atoms with E-state index >= 15 is 0 Å². The second-order valence-corrected chi connectivity index (χ2v) is 7.62. The minimum absolute atomic E-state index is 0.165. The molecular formula is C19H21BrN2O. The predicted molar refractivity (Wildman–Crippen MR) is 96.4 cm³/mol. The molecule has 2 aromatic rings. The van der Waals surface area contributed by atoms with Crippen LogP contribution in [-0.4, -0.2) is 16.9 Å².